The molecule has 112 valence electrons. The minimum atomic E-state index is 0.833. The van der Waals surface area contributed by atoms with Crippen molar-refractivity contribution in [2.45, 2.75) is 39.7 Å². The van der Waals surface area contributed by atoms with Crippen molar-refractivity contribution in [3.63, 3.8) is 0 Å². The van der Waals surface area contributed by atoms with Gasteiger partial charge in [-0.1, -0.05) is 68.3 Å². The third kappa shape index (κ3) is 4.59. The minimum absolute atomic E-state index is 0.833. The van der Waals surface area contributed by atoms with Gasteiger partial charge >= 0.3 is 0 Å². The quantitative estimate of drug-likeness (QED) is 0.670. The summed E-state index contributed by atoms with van der Waals surface area (Å²) in [7, 11) is 0. The average molecular weight is 302 g/mol. The van der Waals surface area contributed by atoms with E-state index in [9.17, 15) is 0 Å². The molecule has 2 heteroatoms. The summed E-state index contributed by atoms with van der Waals surface area (Å²) in [6, 6.07) is 15.1. The lowest BCUT2D eigenvalue weighted by molar-refractivity contribution is 0.675. The maximum atomic E-state index is 6.48. The highest BCUT2D eigenvalue weighted by Crippen LogP contribution is 2.29. The lowest BCUT2D eigenvalue weighted by Crippen LogP contribution is -2.13. The zero-order chi connectivity index (χ0) is 15.1. The summed E-state index contributed by atoms with van der Waals surface area (Å²) in [6.45, 7) is 6.30. The molecule has 0 aliphatic heterocycles. The van der Waals surface area contributed by atoms with Crippen LogP contribution in [0.3, 0.4) is 0 Å². The van der Waals surface area contributed by atoms with Gasteiger partial charge in [0.05, 0.1) is 0 Å². The van der Waals surface area contributed by atoms with Gasteiger partial charge in [-0.25, -0.2) is 0 Å². The summed E-state index contributed by atoms with van der Waals surface area (Å²) in [6.07, 6.45) is 3.43. The van der Waals surface area contributed by atoms with Gasteiger partial charge in [0.25, 0.3) is 0 Å². The Balaban J connectivity index is 2.18. The number of aryl methyl sites for hydroxylation is 1. The molecule has 2 aromatic carbocycles. The van der Waals surface area contributed by atoms with E-state index >= 15 is 0 Å². The molecule has 1 N–H and O–H groups in total. The molecule has 0 radical (unpaired) electrons. The molecule has 0 aliphatic carbocycles. The summed E-state index contributed by atoms with van der Waals surface area (Å²) >= 11 is 6.48. The van der Waals surface area contributed by atoms with E-state index in [4.69, 9.17) is 11.6 Å². The molecule has 0 saturated heterocycles. The van der Waals surface area contributed by atoms with Crippen LogP contribution in [0.5, 0.6) is 0 Å². The van der Waals surface area contributed by atoms with Crippen LogP contribution in [-0.4, -0.2) is 6.54 Å². The zero-order valence-electron chi connectivity index (χ0n) is 13.0. The van der Waals surface area contributed by atoms with Crippen LogP contribution >= 0.6 is 11.6 Å². The standard InChI is InChI=1S/C19H24ClN/c1-3-6-15-7-5-8-17(12-15)18-10-9-16(13-19(18)20)14-21-11-4-2/h5,7-10,12-13,21H,3-4,6,11,14H2,1-2H3. The molecule has 2 rings (SSSR count). The van der Waals surface area contributed by atoms with E-state index in [2.05, 4.69) is 61.6 Å². The Bertz CT molecular complexity index is 578. The largest absolute Gasteiger partial charge is 0.313 e. The van der Waals surface area contributed by atoms with Gasteiger partial charge in [-0.3, -0.25) is 0 Å². The molecule has 0 spiro atoms. The fraction of sp³-hybridized carbons (Fsp3) is 0.368. The summed E-state index contributed by atoms with van der Waals surface area (Å²) < 4.78 is 0. The van der Waals surface area contributed by atoms with Crippen molar-refractivity contribution in [2.24, 2.45) is 0 Å². The SMILES string of the molecule is CCCNCc1ccc(-c2cccc(CCC)c2)c(Cl)c1. The zero-order valence-corrected chi connectivity index (χ0v) is 13.7. The molecule has 0 bridgehead atoms. The Hall–Kier alpha value is -1.31. The third-order valence-corrected chi connectivity index (χ3v) is 3.88. The molecule has 0 fully saturated rings. The molecule has 0 amide bonds. The van der Waals surface area contributed by atoms with Gasteiger partial charge in [-0.15, -0.1) is 0 Å². The Morgan fingerprint density at radius 1 is 0.952 bits per heavy atom. The molecule has 1 nitrogen and oxygen atoms in total. The van der Waals surface area contributed by atoms with Crippen molar-refractivity contribution in [2.75, 3.05) is 6.54 Å². The van der Waals surface area contributed by atoms with Gasteiger partial charge in [-0.2, -0.15) is 0 Å². The van der Waals surface area contributed by atoms with Crippen molar-refractivity contribution in [1.29, 1.82) is 0 Å². The highest BCUT2D eigenvalue weighted by Gasteiger charge is 2.05. The number of benzene rings is 2. The molecule has 0 unspecified atom stereocenters. The van der Waals surface area contributed by atoms with Crippen molar-refractivity contribution < 1.29 is 0 Å². The van der Waals surface area contributed by atoms with Crippen LogP contribution in [-0.2, 0) is 13.0 Å². The molecule has 21 heavy (non-hydrogen) atoms. The first-order chi connectivity index (χ1) is 10.2. The van der Waals surface area contributed by atoms with Gasteiger partial charge in [0, 0.05) is 17.1 Å². The van der Waals surface area contributed by atoms with Crippen LogP contribution in [0.2, 0.25) is 5.02 Å². The second-order valence-corrected chi connectivity index (χ2v) is 5.85. The van der Waals surface area contributed by atoms with Crippen LogP contribution in [0.4, 0.5) is 0 Å². The Labute approximate surface area is 133 Å². The molecule has 0 atom stereocenters. The molecule has 0 aliphatic rings. The Morgan fingerprint density at radius 2 is 1.81 bits per heavy atom. The van der Waals surface area contributed by atoms with Gasteiger partial charge in [0.15, 0.2) is 0 Å². The molecular weight excluding hydrogens is 278 g/mol. The third-order valence-electron chi connectivity index (χ3n) is 3.57. The van der Waals surface area contributed by atoms with E-state index in [0.29, 0.717) is 0 Å². The van der Waals surface area contributed by atoms with Crippen molar-refractivity contribution in [1.82, 2.24) is 5.32 Å². The van der Waals surface area contributed by atoms with Crippen LogP contribution in [0.15, 0.2) is 42.5 Å². The summed E-state index contributed by atoms with van der Waals surface area (Å²) in [5.74, 6) is 0. The van der Waals surface area contributed by atoms with Crippen molar-refractivity contribution >= 4 is 11.6 Å². The highest BCUT2D eigenvalue weighted by molar-refractivity contribution is 6.33. The first-order valence-corrected chi connectivity index (χ1v) is 8.20. The molecule has 0 heterocycles. The second-order valence-electron chi connectivity index (χ2n) is 5.44. The summed E-state index contributed by atoms with van der Waals surface area (Å²) in [5, 5.41) is 4.24. The first kappa shape index (κ1) is 16.1. The Kier molecular flexibility index (Phi) is 6.28. The summed E-state index contributed by atoms with van der Waals surface area (Å²) in [5.41, 5.74) is 4.94. The molecule has 2 aromatic rings. The summed E-state index contributed by atoms with van der Waals surface area (Å²) in [4.78, 5) is 0. The van der Waals surface area contributed by atoms with E-state index in [1.54, 1.807) is 0 Å². The van der Waals surface area contributed by atoms with E-state index in [0.717, 1.165) is 36.5 Å². The predicted molar refractivity (Wildman–Crippen MR) is 92.9 cm³/mol. The predicted octanol–water partition coefficient (Wildman–Crippen LogP) is 5.46. The van der Waals surface area contributed by atoms with Gasteiger partial charge in [-0.05, 0) is 42.1 Å². The number of rotatable bonds is 7. The van der Waals surface area contributed by atoms with Crippen molar-refractivity contribution in [3.05, 3.63) is 58.6 Å². The van der Waals surface area contributed by atoms with E-state index in [1.807, 2.05) is 0 Å². The van der Waals surface area contributed by atoms with Gasteiger partial charge < -0.3 is 5.32 Å². The maximum Gasteiger partial charge on any atom is 0.0487 e. The number of nitrogens with one attached hydrogen (secondary N) is 1. The van der Waals surface area contributed by atoms with Crippen LogP contribution < -0.4 is 5.32 Å². The van der Waals surface area contributed by atoms with E-state index in [1.165, 1.54) is 23.1 Å². The number of hydrogen-bond donors (Lipinski definition) is 1. The lowest BCUT2D eigenvalue weighted by Gasteiger charge is -2.10. The molecule has 0 saturated carbocycles. The van der Waals surface area contributed by atoms with E-state index < -0.39 is 0 Å². The van der Waals surface area contributed by atoms with Gasteiger partial charge in [0.2, 0.25) is 0 Å². The highest BCUT2D eigenvalue weighted by atomic mass is 35.5. The number of hydrogen-bond acceptors (Lipinski definition) is 1. The van der Waals surface area contributed by atoms with Crippen LogP contribution in [0.1, 0.15) is 37.8 Å². The fourth-order valence-electron chi connectivity index (χ4n) is 2.50. The number of halogens is 1. The van der Waals surface area contributed by atoms with Crippen LogP contribution in [0, 0.1) is 0 Å². The average Bonchev–Trinajstić information content (AvgIpc) is 2.48. The Morgan fingerprint density at radius 3 is 2.52 bits per heavy atom. The monoisotopic (exact) mass is 301 g/mol. The van der Waals surface area contributed by atoms with E-state index in [-0.39, 0.29) is 0 Å². The topological polar surface area (TPSA) is 12.0 Å². The minimum Gasteiger partial charge on any atom is -0.313 e. The maximum absolute atomic E-state index is 6.48. The second kappa shape index (κ2) is 8.21. The molecule has 0 aromatic heterocycles. The molecular formula is C19H24ClN. The normalized spacial score (nSPS) is 10.8. The smallest absolute Gasteiger partial charge is 0.0487 e. The fourth-order valence-corrected chi connectivity index (χ4v) is 2.81. The van der Waals surface area contributed by atoms with Gasteiger partial charge in [0.1, 0.15) is 0 Å². The lowest BCUT2D eigenvalue weighted by atomic mass is 10.00. The first-order valence-electron chi connectivity index (χ1n) is 7.83. The van der Waals surface area contributed by atoms with Crippen LogP contribution in [0.25, 0.3) is 11.1 Å². The van der Waals surface area contributed by atoms with Crippen molar-refractivity contribution in [3.8, 4) is 11.1 Å².